The Morgan fingerprint density at radius 2 is 0.860 bits per heavy atom. The topological polar surface area (TPSA) is 34.1 Å². The summed E-state index contributed by atoms with van der Waals surface area (Å²) in [4.78, 5) is 25.7. The lowest BCUT2D eigenvalue weighted by Crippen LogP contribution is -2.20. The predicted octanol–water partition coefficient (Wildman–Crippen LogP) is 12.4. The van der Waals surface area contributed by atoms with Gasteiger partial charge in [-0.25, -0.2) is 0 Å². The summed E-state index contributed by atoms with van der Waals surface area (Å²) in [5.74, 6) is -0.0307. The third-order valence-corrected chi connectivity index (χ3v) is 8.36. The Bertz CT molecular complexity index is 1330. The van der Waals surface area contributed by atoms with Gasteiger partial charge in [-0.1, -0.05) is 94.2 Å². The molecule has 0 fully saturated rings. The van der Waals surface area contributed by atoms with Gasteiger partial charge >= 0.3 is 0 Å². The third-order valence-electron chi connectivity index (χ3n) is 8.36. The molecule has 0 saturated carbocycles. The lowest BCUT2D eigenvalue weighted by Gasteiger charge is -2.18. The molecule has 2 heteroatoms. The highest BCUT2D eigenvalue weighted by atomic mass is 16.1. The number of hydrogen-bond donors (Lipinski definition) is 0. The Hall–Kier alpha value is -3.26. The molecule has 0 unspecified atom stereocenters. The van der Waals surface area contributed by atoms with Crippen LogP contribution in [0.25, 0.3) is 0 Å². The minimum Gasteiger partial charge on any atom is -0.289 e. The number of ketones is 2. The smallest absolute Gasteiger partial charge is 0.190 e. The molecule has 0 bridgehead atoms. The van der Waals surface area contributed by atoms with Gasteiger partial charge in [0.05, 0.1) is 0 Å². The molecule has 0 saturated heterocycles. The second kappa shape index (κ2) is 19.1. The molecule has 232 valence electrons. The fourth-order valence-electron chi connectivity index (χ4n) is 5.36. The van der Waals surface area contributed by atoms with Crippen LogP contribution >= 0.6 is 0 Å². The molecule has 2 rings (SSSR count). The largest absolute Gasteiger partial charge is 0.289 e. The summed E-state index contributed by atoms with van der Waals surface area (Å²) in [6, 6.07) is 7.15. The van der Waals surface area contributed by atoms with E-state index in [0.717, 1.165) is 57.8 Å². The van der Waals surface area contributed by atoms with Crippen molar-refractivity contribution in [1.82, 2.24) is 0 Å². The molecule has 0 heterocycles. The monoisotopic (exact) mass is 580 g/mol. The van der Waals surface area contributed by atoms with Crippen LogP contribution in [0.2, 0.25) is 0 Å². The first-order chi connectivity index (χ1) is 20.5. The van der Waals surface area contributed by atoms with E-state index in [0.29, 0.717) is 28.7 Å². The Balaban J connectivity index is 1.69. The molecule has 0 N–H and O–H groups in total. The van der Waals surface area contributed by atoms with Gasteiger partial charge in [-0.2, -0.15) is 0 Å². The van der Waals surface area contributed by atoms with Crippen LogP contribution in [-0.2, 0) is 0 Å². The average molecular weight is 581 g/mol. The number of rotatable bonds is 17. The number of fused-ring (bicyclic) bond motifs is 1. The van der Waals surface area contributed by atoms with Crippen molar-refractivity contribution in [3.63, 3.8) is 0 Å². The highest BCUT2D eigenvalue weighted by molar-refractivity contribution is 6.26. The zero-order valence-corrected chi connectivity index (χ0v) is 28.4. The van der Waals surface area contributed by atoms with E-state index < -0.39 is 0 Å². The molecule has 0 aliphatic heterocycles. The summed E-state index contributed by atoms with van der Waals surface area (Å²) in [6.45, 7) is 17.2. The van der Waals surface area contributed by atoms with Gasteiger partial charge in [0.25, 0.3) is 0 Å². The summed E-state index contributed by atoms with van der Waals surface area (Å²) >= 11 is 0. The lowest BCUT2D eigenvalue weighted by molar-refractivity contribution is 0.0973. The first kappa shape index (κ1) is 35.9. The number of allylic oxidation sites excluding steroid dienone is 14. The standard InChI is InChI=1S/C41H56O2/c1-30(2)16-11-17-31(3)18-12-19-32(4)20-13-21-33(5)22-14-23-34(6)24-15-25-35(7)28-29-37-36(8)40(42)38-26-9-10-27-39(38)41(37)43/h9-10,16,18,20,22,24,26-28H,11-15,17,19,21,23,25,29H2,1-8H3. The Morgan fingerprint density at radius 3 is 1.26 bits per heavy atom. The number of benzene rings is 1. The Morgan fingerprint density at radius 1 is 0.512 bits per heavy atom. The molecule has 1 aliphatic rings. The first-order valence-electron chi connectivity index (χ1n) is 16.3. The van der Waals surface area contributed by atoms with Crippen LogP contribution in [-0.4, -0.2) is 11.6 Å². The zero-order valence-electron chi connectivity index (χ0n) is 28.4. The minimum atomic E-state index is -0.0226. The van der Waals surface area contributed by atoms with E-state index in [2.05, 4.69) is 84.9 Å². The second-order valence-electron chi connectivity index (χ2n) is 12.7. The van der Waals surface area contributed by atoms with Crippen LogP contribution in [0.5, 0.6) is 0 Å². The van der Waals surface area contributed by atoms with Crippen LogP contribution in [0.3, 0.4) is 0 Å². The van der Waals surface area contributed by atoms with Crippen LogP contribution in [0, 0.1) is 0 Å². The Kier molecular flexibility index (Phi) is 16.0. The molecule has 0 radical (unpaired) electrons. The normalized spacial score (nSPS) is 15.3. The SMILES string of the molecule is CC(C)=CCCC(C)=CCCC(C)=CCCC(C)=CCCC(C)=CCCC(C)=CCC1=C(C)C(=O)c2ccccc2C1=O. The predicted molar refractivity (Wildman–Crippen MR) is 187 cm³/mol. The van der Waals surface area contributed by atoms with E-state index in [1.807, 2.05) is 12.1 Å². The van der Waals surface area contributed by atoms with E-state index in [9.17, 15) is 9.59 Å². The minimum absolute atomic E-state index is 0.00812. The fraction of sp³-hybridized carbons (Fsp3) is 0.463. The van der Waals surface area contributed by atoms with Crippen LogP contribution < -0.4 is 0 Å². The van der Waals surface area contributed by atoms with Crippen LogP contribution in [0.1, 0.15) is 147 Å². The first-order valence-corrected chi connectivity index (χ1v) is 16.3. The van der Waals surface area contributed by atoms with E-state index in [-0.39, 0.29) is 11.6 Å². The van der Waals surface area contributed by atoms with Crippen LogP contribution in [0.15, 0.2) is 105 Å². The zero-order chi connectivity index (χ0) is 31.8. The molecule has 0 amide bonds. The molecule has 0 aromatic heterocycles. The van der Waals surface area contributed by atoms with Gasteiger partial charge in [0.1, 0.15) is 0 Å². The quantitative estimate of drug-likeness (QED) is 0.172. The molecule has 0 spiro atoms. The van der Waals surface area contributed by atoms with Gasteiger partial charge < -0.3 is 0 Å². The molecule has 2 nitrogen and oxygen atoms in total. The van der Waals surface area contributed by atoms with Crippen molar-refractivity contribution < 1.29 is 9.59 Å². The summed E-state index contributed by atoms with van der Waals surface area (Å²) in [7, 11) is 0. The maximum absolute atomic E-state index is 13.0. The van der Waals surface area contributed by atoms with Gasteiger partial charge in [0.2, 0.25) is 0 Å². The Labute approximate surface area is 263 Å². The van der Waals surface area contributed by atoms with Crippen molar-refractivity contribution in [2.45, 2.75) is 126 Å². The fourth-order valence-corrected chi connectivity index (χ4v) is 5.36. The number of hydrogen-bond acceptors (Lipinski definition) is 2. The number of carbonyl (C=O) groups is 2. The van der Waals surface area contributed by atoms with E-state index in [1.165, 1.54) is 39.9 Å². The highest BCUT2D eigenvalue weighted by Crippen LogP contribution is 2.28. The number of carbonyl (C=O) groups excluding carboxylic acids is 2. The molecule has 43 heavy (non-hydrogen) atoms. The van der Waals surface area contributed by atoms with E-state index >= 15 is 0 Å². The lowest BCUT2D eigenvalue weighted by atomic mass is 9.83. The average Bonchev–Trinajstić information content (AvgIpc) is 2.95. The van der Waals surface area contributed by atoms with Gasteiger partial charge in [-0.05, 0) is 126 Å². The molecular weight excluding hydrogens is 524 g/mol. The maximum Gasteiger partial charge on any atom is 0.190 e. The summed E-state index contributed by atoms with van der Waals surface area (Å²) < 4.78 is 0. The molecule has 1 aromatic carbocycles. The van der Waals surface area contributed by atoms with Gasteiger partial charge in [-0.3, -0.25) is 9.59 Å². The summed E-state index contributed by atoms with van der Waals surface area (Å²) in [6.07, 6.45) is 25.6. The highest BCUT2D eigenvalue weighted by Gasteiger charge is 2.28. The van der Waals surface area contributed by atoms with Crippen molar-refractivity contribution in [3.8, 4) is 0 Å². The summed E-state index contributed by atoms with van der Waals surface area (Å²) in [5.41, 5.74) is 10.9. The van der Waals surface area contributed by atoms with Gasteiger partial charge in [0.15, 0.2) is 11.6 Å². The van der Waals surface area contributed by atoms with Gasteiger partial charge in [-0.15, -0.1) is 0 Å². The number of Topliss-reactive ketones (excluding diaryl/α,β-unsaturated/α-hetero) is 2. The van der Waals surface area contributed by atoms with E-state index in [4.69, 9.17) is 0 Å². The van der Waals surface area contributed by atoms with Gasteiger partial charge in [0, 0.05) is 22.3 Å². The van der Waals surface area contributed by atoms with Crippen LogP contribution in [0.4, 0.5) is 0 Å². The molecular formula is C41H56O2. The third kappa shape index (κ3) is 13.3. The summed E-state index contributed by atoms with van der Waals surface area (Å²) in [5, 5.41) is 0. The molecule has 1 aliphatic carbocycles. The molecule has 0 atom stereocenters. The van der Waals surface area contributed by atoms with Crippen molar-refractivity contribution in [3.05, 3.63) is 116 Å². The van der Waals surface area contributed by atoms with E-state index in [1.54, 1.807) is 19.1 Å². The van der Waals surface area contributed by atoms with Crippen molar-refractivity contribution in [2.24, 2.45) is 0 Å². The van der Waals surface area contributed by atoms with Crippen molar-refractivity contribution in [2.75, 3.05) is 0 Å². The van der Waals surface area contributed by atoms with Crippen molar-refractivity contribution in [1.29, 1.82) is 0 Å². The second-order valence-corrected chi connectivity index (χ2v) is 12.7. The molecule has 1 aromatic rings. The maximum atomic E-state index is 13.0. The van der Waals surface area contributed by atoms with Crippen molar-refractivity contribution >= 4 is 11.6 Å².